The molecule has 0 saturated carbocycles. The van der Waals surface area contributed by atoms with Crippen LogP contribution in [0.4, 0.5) is 24.5 Å². The van der Waals surface area contributed by atoms with Crippen molar-refractivity contribution in [2.24, 2.45) is 5.73 Å². The highest BCUT2D eigenvalue weighted by Crippen LogP contribution is 2.35. The number of hydrogen-bond acceptors (Lipinski definition) is 6. The van der Waals surface area contributed by atoms with Crippen molar-refractivity contribution in [1.29, 1.82) is 0 Å². The van der Waals surface area contributed by atoms with Crippen LogP contribution in [0.2, 0.25) is 0 Å². The molecule has 1 aromatic heterocycles. The number of amides is 1. The average Bonchev–Trinajstić information content (AvgIpc) is 3.35. The Labute approximate surface area is 169 Å². The van der Waals surface area contributed by atoms with Crippen LogP contribution < -0.4 is 16.4 Å². The standard InChI is InChI=1S/C20H18F3N5O2/c21-20(22,23)12-5-7-13(8-6-12)26-15-4-2-1-3-14(15)16-27-28-18(30-16)19(11-24)9-10-25-17(19)29/h1-8,26H,9-11,24H2,(H,25,29). The topological polar surface area (TPSA) is 106 Å². The number of aromatic nitrogens is 2. The summed E-state index contributed by atoms with van der Waals surface area (Å²) >= 11 is 0. The SMILES string of the molecule is NCC1(c2nnc(-c3ccccc3Nc3ccc(C(F)(F)F)cc3)o2)CCNC1=O. The van der Waals surface area contributed by atoms with Gasteiger partial charge in [-0.25, -0.2) is 0 Å². The van der Waals surface area contributed by atoms with Crippen molar-refractivity contribution < 1.29 is 22.4 Å². The van der Waals surface area contributed by atoms with Crippen LogP contribution in [0.25, 0.3) is 11.5 Å². The average molecular weight is 417 g/mol. The number of nitrogens with two attached hydrogens (primary N) is 1. The molecular formula is C20H18F3N5O2. The molecule has 3 aromatic rings. The van der Waals surface area contributed by atoms with Crippen molar-refractivity contribution in [2.75, 3.05) is 18.4 Å². The Balaban J connectivity index is 1.63. The van der Waals surface area contributed by atoms with Gasteiger partial charge in [-0.3, -0.25) is 4.79 Å². The number of alkyl halides is 3. The number of hydrogen-bond donors (Lipinski definition) is 3. The second kappa shape index (κ2) is 7.45. The highest BCUT2D eigenvalue weighted by molar-refractivity contribution is 5.89. The van der Waals surface area contributed by atoms with Crippen LogP contribution in [0.15, 0.2) is 52.9 Å². The van der Waals surface area contributed by atoms with E-state index in [4.69, 9.17) is 10.2 Å². The van der Waals surface area contributed by atoms with Crippen LogP contribution in [0.1, 0.15) is 17.9 Å². The highest BCUT2D eigenvalue weighted by atomic mass is 19.4. The molecule has 1 saturated heterocycles. The van der Waals surface area contributed by atoms with Crippen LogP contribution in [-0.4, -0.2) is 29.2 Å². The van der Waals surface area contributed by atoms with Crippen LogP contribution >= 0.6 is 0 Å². The fourth-order valence-corrected chi connectivity index (χ4v) is 3.36. The fourth-order valence-electron chi connectivity index (χ4n) is 3.36. The summed E-state index contributed by atoms with van der Waals surface area (Å²) in [7, 11) is 0. The second-order valence-corrected chi connectivity index (χ2v) is 6.95. The lowest BCUT2D eigenvalue weighted by molar-refractivity contribution is -0.137. The second-order valence-electron chi connectivity index (χ2n) is 6.95. The monoisotopic (exact) mass is 417 g/mol. The van der Waals surface area contributed by atoms with Crippen molar-refractivity contribution in [3.8, 4) is 11.5 Å². The van der Waals surface area contributed by atoms with Gasteiger partial charge in [0.1, 0.15) is 5.41 Å². The van der Waals surface area contributed by atoms with E-state index in [0.29, 0.717) is 29.9 Å². The molecule has 1 amide bonds. The molecule has 1 aliphatic heterocycles. The Bertz CT molecular complexity index is 1060. The first-order valence-corrected chi connectivity index (χ1v) is 9.19. The highest BCUT2D eigenvalue weighted by Gasteiger charge is 2.47. The number of anilines is 2. The van der Waals surface area contributed by atoms with E-state index in [2.05, 4.69) is 20.8 Å². The van der Waals surface area contributed by atoms with Crippen LogP contribution in [-0.2, 0) is 16.4 Å². The molecule has 10 heteroatoms. The lowest BCUT2D eigenvalue weighted by Crippen LogP contribution is -2.42. The zero-order valence-electron chi connectivity index (χ0n) is 15.7. The number of halogens is 3. The summed E-state index contributed by atoms with van der Waals surface area (Å²) in [6.07, 6.45) is -3.95. The van der Waals surface area contributed by atoms with Crippen molar-refractivity contribution in [1.82, 2.24) is 15.5 Å². The minimum atomic E-state index is -4.40. The molecule has 30 heavy (non-hydrogen) atoms. The summed E-state index contributed by atoms with van der Waals surface area (Å²) in [4.78, 5) is 12.3. The first kappa shape index (κ1) is 19.9. The predicted molar refractivity (Wildman–Crippen MR) is 103 cm³/mol. The van der Waals surface area contributed by atoms with Gasteiger partial charge >= 0.3 is 6.18 Å². The minimum Gasteiger partial charge on any atom is -0.419 e. The molecule has 0 radical (unpaired) electrons. The maximum absolute atomic E-state index is 12.8. The molecule has 0 bridgehead atoms. The Morgan fingerprint density at radius 3 is 2.50 bits per heavy atom. The quantitative estimate of drug-likeness (QED) is 0.589. The molecular weight excluding hydrogens is 399 g/mol. The number of nitrogens with zero attached hydrogens (tertiary/aromatic N) is 2. The summed E-state index contributed by atoms with van der Waals surface area (Å²) in [5, 5.41) is 13.9. The summed E-state index contributed by atoms with van der Waals surface area (Å²) in [5.41, 5.74) is 5.61. The van der Waals surface area contributed by atoms with Gasteiger partial charge in [0, 0.05) is 18.8 Å². The third kappa shape index (κ3) is 3.50. The van der Waals surface area contributed by atoms with Crippen LogP contribution in [0, 0.1) is 0 Å². The summed E-state index contributed by atoms with van der Waals surface area (Å²) in [5.74, 6) is 0.0586. The molecule has 156 valence electrons. The molecule has 0 aliphatic carbocycles. The van der Waals surface area contributed by atoms with E-state index in [-0.39, 0.29) is 24.2 Å². The molecule has 1 atom stereocenters. The van der Waals surface area contributed by atoms with Crippen LogP contribution in [0.5, 0.6) is 0 Å². The smallest absolute Gasteiger partial charge is 0.416 e. The summed E-state index contributed by atoms with van der Waals surface area (Å²) in [6, 6.07) is 11.7. The fraction of sp³-hybridized carbons (Fsp3) is 0.250. The molecule has 0 spiro atoms. The summed E-state index contributed by atoms with van der Waals surface area (Å²) in [6.45, 7) is 0.506. The normalized spacial score (nSPS) is 19.0. The Hall–Kier alpha value is -3.40. The van der Waals surface area contributed by atoms with E-state index >= 15 is 0 Å². The number of para-hydroxylation sites is 1. The molecule has 2 aromatic carbocycles. The third-order valence-corrected chi connectivity index (χ3v) is 5.10. The van der Waals surface area contributed by atoms with Gasteiger partial charge in [-0.15, -0.1) is 10.2 Å². The van der Waals surface area contributed by atoms with Crippen LogP contribution in [0.3, 0.4) is 0 Å². The molecule has 7 nitrogen and oxygen atoms in total. The lowest BCUT2D eigenvalue weighted by Gasteiger charge is -2.18. The Morgan fingerprint density at radius 2 is 1.87 bits per heavy atom. The molecule has 4 N–H and O–H groups in total. The molecule has 2 heterocycles. The van der Waals surface area contributed by atoms with E-state index in [1.54, 1.807) is 24.3 Å². The van der Waals surface area contributed by atoms with Gasteiger partial charge in [0.15, 0.2) is 0 Å². The molecule has 1 unspecified atom stereocenters. The van der Waals surface area contributed by atoms with E-state index in [9.17, 15) is 18.0 Å². The zero-order chi connectivity index (χ0) is 21.4. The van der Waals surface area contributed by atoms with Gasteiger partial charge in [0.2, 0.25) is 17.7 Å². The van der Waals surface area contributed by atoms with Crippen molar-refractivity contribution in [2.45, 2.75) is 18.0 Å². The van der Waals surface area contributed by atoms with E-state index in [1.807, 2.05) is 0 Å². The number of benzene rings is 2. The van der Waals surface area contributed by atoms with Crippen molar-refractivity contribution in [3.63, 3.8) is 0 Å². The van der Waals surface area contributed by atoms with Gasteiger partial charge in [0.25, 0.3) is 0 Å². The van der Waals surface area contributed by atoms with Gasteiger partial charge in [-0.05, 0) is 42.8 Å². The number of carbonyl (C=O) groups is 1. The maximum Gasteiger partial charge on any atom is 0.416 e. The van der Waals surface area contributed by atoms with Gasteiger partial charge < -0.3 is 20.8 Å². The Kier molecular flexibility index (Phi) is 4.94. The molecule has 1 fully saturated rings. The van der Waals surface area contributed by atoms with Crippen molar-refractivity contribution >= 4 is 17.3 Å². The minimum absolute atomic E-state index is 0.0336. The largest absolute Gasteiger partial charge is 0.419 e. The lowest BCUT2D eigenvalue weighted by atomic mass is 9.86. The van der Waals surface area contributed by atoms with E-state index in [1.165, 1.54) is 12.1 Å². The molecule has 1 aliphatic rings. The van der Waals surface area contributed by atoms with Gasteiger partial charge in [-0.1, -0.05) is 12.1 Å². The zero-order valence-corrected chi connectivity index (χ0v) is 15.7. The third-order valence-electron chi connectivity index (χ3n) is 5.10. The van der Waals surface area contributed by atoms with Gasteiger partial charge in [0.05, 0.1) is 16.8 Å². The first-order chi connectivity index (χ1) is 14.3. The number of nitrogens with one attached hydrogen (secondary N) is 2. The first-order valence-electron chi connectivity index (χ1n) is 9.19. The number of carbonyl (C=O) groups excluding carboxylic acids is 1. The molecule has 4 rings (SSSR count). The van der Waals surface area contributed by atoms with Crippen molar-refractivity contribution in [3.05, 3.63) is 60.0 Å². The predicted octanol–water partition coefficient (Wildman–Crippen LogP) is 3.22. The van der Waals surface area contributed by atoms with E-state index in [0.717, 1.165) is 12.1 Å². The van der Waals surface area contributed by atoms with Gasteiger partial charge in [-0.2, -0.15) is 13.2 Å². The van der Waals surface area contributed by atoms with E-state index < -0.39 is 17.2 Å². The summed E-state index contributed by atoms with van der Waals surface area (Å²) < 4.78 is 44.1. The number of rotatable bonds is 5. The maximum atomic E-state index is 12.8. The Morgan fingerprint density at radius 1 is 1.13 bits per heavy atom.